The molecule has 1 fully saturated rings. The van der Waals surface area contributed by atoms with Gasteiger partial charge in [0.05, 0.1) is 18.1 Å². The normalized spacial score (nSPS) is 14.6. The fourth-order valence-electron chi connectivity index (χ4n) is 3.41. The molecule has 1 aliphatic carbocycles. The highest BCUT2D eigenvalue weighted by molar-refractivity contribution is 6.06. The number of anilines is 1. The fourth-order valence-corrected chi connectivity index (χ4v) is 3.41. The molecule has 2 amide bonds. The van der Waals surface area contributed by atoms with Gasteiger partial charge in [0.15, 0.2) is 0 Å². The van der Waals surface area contributed by atoms with Crippen LogP contribution in [0.3, 0.4) is 0 Å². The van der Waals surface area contributed by atoms with Gasteiger partial charge in [0.25, 0.3) is 5.91 Å². The van der Waals surface area contributed by atoms with Crippen LogP contribution in [-0.2, 0) is 10.2 Å². The van der Waals surface area contributed by atoms with E-state index in [2.05, 4.69) is 17.2 Å². The third-order valence-corrected chi connectivity index (χ3v) is 5.10. The Morgan fingerprint density at radius 1 is 1.15 bits per heavy atom. The molecule has 0 radical (unpaired) electrons. The lowest BCUT2D eigenvalue weighted by molar-refractivity contribution is -0.129. The summed E-state index contributed by atoms with van der Waals surface area (Å²) in [5.41, 5.74) is 1.67. The van der Waals surface area contributed by atoms with E-state index in [1.54, 1.807) is 24.3 Å². The number of hydrogen-bond acceptors (Lipinski definition) is 3. The molecule has 0 unspecified atom stereocenters. The van der Waals surface area contributed by atoms with Crippen LogP contribution >= 0.6 is 0 Å². The quantitative estimate of drug-likeness (QED) is 0.737. The molecular weight excluding hydrogens is 340 g/mol. The molecule has 0 aromatic heterocycles. The molecule has 1 saturated carbocycles. The van der Waals surface area contributed by atoms with E-state index < -0.39 is 5.41 Å². The van der Waals surface area contributed by atoms with Crippen molar-refractivity contribution in [3.8, 4) is 5.75 Å². The molecule has 0 spiro atoms. The minimum atomic E-state index is -0.464. The Balaban J connectivity index is 1.74. The SMILES string of the molecule is C=CCNC(=O)C1(c2ccc(NC(=O)c3ccccc3OC)cc2)CCC1. The number of rotatable bonds is 7. The summed E-state index contributed by atoms with van der Waals surface area (Å²) in [4.78, 5) is 25.1. The van der Waals surface area contributed by atoms with Crippen LogP contribution in [0.15, 0.2) is 61.2 Å². The Hall–Kier alpha value is -3.08. The molecule has 27 heavy (non-hydrogen) atoms. The summed E-state index contributed by atoms with van der Waals surface area (Å²) in [6.07, 6.45) is 4.39. The Morgan fingerprint density at radius 2 is 1.85 bits per heavy atom. The minimum absolute atomic E-state index is 0.0412. The van der Waals surface area contributed by atoms with Crippen LogP contribution in [0.1, 0.15) is 35.2 Å². The molecule has 0 saturated heterocycles. The van der Waals surface area contributed by atoms with Gasteiger partial charge in [-0.15, -0.1) is 6.58 Å². The van der Waals surface area contributed by atoms with Crippen LogP contribution in [0, 0.1) is 0 Å². The first kappa shape index (κ1) is 18.7. The second-order valence-corrected chi connectivity index (χ2v) is 6.67. The van der Waals surface area contributed by atoms with Gasteiger partial charge in [-0.2, -0.15) is 0 Å². The zero-order valence-corrected chi connectivity index (χ0v) is 15.5. The van der Waals surface area contributed by atoms with Crippen molar-refractivity contribution in [2.24, 2.45) is 0 Å². The number of hydrogen-bond donors (Lipinski definition) is 2. The highest BCUT2D eigenvalue weighted by Crippen LogP contribution is 2.44. The highest BCUT2D eigenvalue weighted by atomic mass is 16.5. The standard InChI is InChI=1S/C22H24N2O3/c1-3-15-23-21(26)22(13-6-14-22)16-9-11-17(12-10-16)24-20(25)18-7-4-5-8-19(18)27-2/h3-5,7-12H,1,6,13-15H2,2H3,(H,23,26)(H,24,25). The second-order valence-electron chi connectivity index (χ2n) is 6.67. The highest BCUT2D eigenvalue weighted by Gasteiger charge is 2.45. The zero-order chi connectivity index (χ0) is 19.3. The van der Waals surface area contributed by atoms with Crippen LogP contribution in [-0.4, -0.2) is 25.5 Å². The molecular formula is C22H24N2O3. The van der Waals surface area contributed by atoms with Crippen molar-refractivity contribution in [1.29, 1.82) is 0 Å². The summed E-state index contributed by atoms with van der Waals surface area (Å²) in [7, 11) is 1.54. The van der Waals surface area contributed by atoms with E-state index in [9.17, 15) is 9.59 Å². The van der Waals surface area contributed by atoms with Gasteiger partial charge in [-0.05, 0) is 42.7 Å². The molecule has 0 aliphatic heterocycles. The van der Waals surface area contributed by atoms with E-state index in [0.717, 1.165) is 24.8 Å². The maximum Gasteiger partial charge on any atom is 0.259 e. The van der Waals surface area contributed by atoms with E-state index in [4.69, 9.17) is 4.74 Å². The first-order chi connectivity index (χ1) is 13.1. The van der Waals surface area contributed by atoms with Crippen LogP contribution in [0.2, 0.25) is 0 Å². The van der Waals surface area contributed by atoms with Crippen LogP contribution < -0.4 is 15.4 Å². The molecule has 0 atom stereocenters. The lowest BCUT2D eigenvalue weighted by Crippen LogP contribution is -2.49. The summed E-state index contributed by atoms with van der Waals surface area (Å²) >= 11 is 0. The second kappa shape index (κ2) is 8.08. The summed E-state index contributed by atoms with van der Waals surface area (Å²) in [6, 6.07) is 14.6. The number of methoxy groups -OCH3 is 1. The van der Waals surface area contributed by atoms with Crippen molar-refractivity contribution in [2.45, 2.75) is 24.7 Å². The first-order valence-corrected chi connectivity index (χ1v) is 9.05. The molecule has 2 aromatic carbocycles. The average Bonchev–Trinajstić information content (AvgIpc) is 2.66. The van der Waals surface area contributed by atoms with E-state index in [-0.39, 0.29) is 11.8 Å². The summed E-state index contributed by atoms with van der Waals surface area (Å²) in [5.74, 6) is 0.334. The Kier molecular flexibility index (Phi) is 5.60. The number of amides is 2. The van der Waals surface area contributed by atoms with E-state index in [0.29, 0.717) is 23.5 Å². The van der Waals surface area contributed by atoms with Crippen molar-refractivity contribution in [2.75, 3.05) is 19.0 Å². The van der Waals surface area contributed by atoms with Crippen molar-refractivity contribution in [3.05, 3.63) is 72.3 Å². The van der Waals surface area contributed by atoms with Gasteiger partial charge in [-0.25, -0.2) is 0 Å². The molecule has 3 rings (SSSR count). The van der Waals surface area contributed by atoms with Crippen LogP contribution in [0.4, 0.5) is 5.69 Å². The Morgan fingerprint density at radius 3 is 2.44 bits per heavy atom. The molecule has 2 N–H and O–H groups in total. The smallest absolute Gasteiger partial charge is 0.259 e. The van der Waals surface area contributed by atoms with Crippen LogP contribution in [0.5, 0.6) is 5.75 Å². The van der Waals surface area contributed by atoms with Gasteiger partial charge < -0.3 is 15.4 Å². The minimum Gasteiger partial charge on any atom is -0.496 e. The maximum atomic E-state index is 12.6. The monoisotopic (exact) mass is 364 g/mol. The maximum absolute atomic E-state index is 12.6. The van der Waals surface area contributed by atoms with Gasteiger partial charge in [-0.3, -0.25) is 9.59 Å². The number of para-hydroxylation sites is 1. The number of benzene rings is 2. The van der Waals surface area contributed by atoms with Gasteiger partial charge in [0.1, 0.15) is 5.75 Å². The average molecular weight is 364 g/mol. The molecule has 1 aliphatic rings. The van der Waals surface area contributed by atoms with Crippen molar-refractivity contribution in [3.63, 3.8) is 0 Å². The van der Waals surface area contributed by atoms with Crippen molar-refractivity contribution in [1.82, 2.24) is 5.32 Å². The Bertz CT molecular complexity index is 839. The molecule has 5 nitrogen and oxygen atoms in total. The van der Waals surface area contributed by atoms with E-state index in [1.165, 1.54) is 7.11 Å². The lowest BCUT2D eigenvalue weighted by Gasteiger charge is -2.40. The fraction of sp³-hybridized carbons (Fsp3) is 0.273. The molecule has 2 aromatic rings. The predicted molar refractivity (Wildman–Crippen MR) is 106 cm³/mol. The third kappa shape index (κ3) is 3.72. The number of carbonyl (C=O) groups excluding carboxylic acids is 2. The lowest BCUT2D eigenvalue weighted by atomic mass is 9.64. The topological polar surface area (TPSA) is 67.4 Å². The molecule has 0 heterocycles. The predicted octanol–water partition coefficient (Wildman–Crippen LogP) is 3.67. The molecule has 5 heteroatoms. The van der Waals surface area contributed by atoms with E-state index >= 15 is 0 Å². The van der Waals surface area contributed by atoms with Gasteiger partial charge in [0, 0.05) is 12.2 Å². The third-order valence-electron chi connectivity index (χ3n) is 5.10. The van der Waals surface area contributed by atoms with Gasteiger partial charge in [-0.1, -0.05) is 36.8 Å². The number of nitrogens with one attached hydrogen (secondary N) is 2. The zero-order valence-electron chi connectivity index (χ0n) is 15.5. The van der Waals surface area contributed by atoms with Gasteiger partial charge >= 0.3 is 0 Å². The molecule has 140 valence electrons. The first-order valence-electron chi connectivity index (χ1n) is 9.05. The van der Waals surface area contributed by atoms with Gasteiger partial charge in [0.2, 0.25) is 5.91 Å². The van der Waals surface area contributed by atoms with Crippen LogP contribution in [0.25, 0.3) is 0 Å². The summed E-state index contributed by atoms with van der Waals surface area (Å²) in [6.45, 7) is 4.11. The number of ether oxygens (including phenoxy) is 1. The largest absolute Gasteiger partial charge is 0.496 e. The van der Waals surface area contributed by atoms with E-state index in [1.807, 2.05) is 30.3 Å². The molecule has 0 bridgehead atoms. The summed E-state index contributed by atoms with van der Waals surface area (Å²) < 4.78 is 5.24. The van der Waals surface area contributed by atoms with Crippen molar-refractivity contribution < 1.29 is 14.3 Å². The van der Waals surface area contributed by atoms with Crippen molar-refractivity contribution >= 4 is 17.5 Å². The summed E-state index contributed by atoms with van der Waals surface area (Å²) in [5, 5.41) is 5.79. The number of carbonyl (C=O) groups is 2. The Labute approximate surface area is 159 Å².